The van der Waals surface area contributed by atoms with Gasteiger partial charge >= 0.3 is 0 Å². The summed E-state index contributed by atoms with van der Waals surface area (Å²) in [6.07, 6.45) is 4.92. The maximum absolute atomic E-state index is 12.7. The summed E-state index contributed by atoms with van der Waals surface area (Å²) < 4.78 is 5.12. The number of hydrogen-bond acceptors (Lipinski definition) is 4. The van der Waals surface area contributed by atoms with Crippen LogP contribution < -0.4 is 0 Å². The lowest BCUT2D eigenvalue weighted by Gasteiger charge is -2.32. The maximum atomic E-state index is 12.7. The summed E-state index contributed by atoms with van der Waals surface area (Å²) in [5.74, 6) is 1.12. The Morgan fingerprint density at radius 2 is 2.27 bits per heavy atom. The monoisotopic (exact) mass is 299 g/mol. The van der Waals surface area contributed by atoms with Gasteiger partial charge in [-0.1, -0.05) is 11.2 Å². The number of pyridine rings is 1. The quantitative estimate of drug-likeness (QED) is 0.874. The van der Waals surface area contributed by atoms with Crippen LogP contribution in [-0.4, -0.2) is 34.0 Å². The van der Waals surface area contributed by atoms with Gasteiger partial charge in [0, 0.05) is 25.0 Å². The van der Waals surface area contributed by atoms with Crippen molar-refractivity contribution in [2.24, 2.45) is 5.92 Å². The van der Waals surface area contributed by atoms with Crippen molar-refractivity contribution in [2.45, 2.75) is 33.1 Å². The molecular weight excluding hydrogens is 278 g/mol. The number of amides is 1. The fraction of sp³-hybridized carbons (Fsp3) is 0.471. The number of rotatable bonds is 3. The lowest BCUT2D eigenvalue weighted by molar-refractivity contribution is 0.0670. The highest BCUT2D eigenvalue weighted by molar-refractivity contribution is 5.96. The zero-order chi connectivity index (χ0) is 15.5. The van der Waals surface area contributed by atoms with Crippen LogP contribution >= 0.6 is 0 Å². The molecule has 5 heteroatoms. The van der Waals surface area contributed by atoms with Crippen molar-refractivity contribution in [3.63, 3.8) is 0 Å². The molecule has 1 atom stereocenters. The van der Waals surface area contributed by atoms with Crippen molar-refractivity contribution in [2.75, 3.05) is 13.1 Å². The Morgan fingerprint density at radius 3 is 2.95 bits per heavy atom. The van der Waals surface area contributed by atoms with E-state index in [0.717, 1.165) is 38.0 Å². The van der Waals surface area contributed by atoms with Gasteiger partial charge in [0.1, 0.15) is 11.3 Å². The first-order valence-electron chi connectivity index (χ1n) is 7.77. The number of nitrogens with zero attached hydrogens (tertiary/aromatic N) is 3. The summed E-state index contributed by atoms with van der Waals surface area (Å²) in [6, 6.07) is 5.99. The van der Waals surface area contributed by atoms with E-state index < -0.39 is 0 Å². The molecule has 2 aromatic rings. The fourth-order valence-corrected chi connectivity index (χ4v) is 3.18. The molecule has 0 unspecified atom stereocenters. The molecule has 3 rings (SSSR count). The highest BCUT2D eigenvalue weighted by atomic mass is 16.5. The van der Waals surface area contributed by atoms with Gasteiger partial charge in [0.05, 0.1) is 5.69 Å². The minimum Gasteiger partial charge on any atom is -0.361 e. The van der Waals surface area contributed by atoms with E-state index in [-0.39, 0.29) is 5.91 Å². The van der Waals surface area contributed by atoms with Gasteiger partial charge in [-0.3, -0.25) is 9.78 Å². The van der Waals surface area contributed by atoms with Crippen molar-refractivity contribution < 1.29 is 9.32 Å². The molecule has 3 heterocycles. The van der Waals surface area contributed by atoms with Gasteiger partial charge < -0.3 is 9.42 Å². The summed E-state index contributed by atoms with van der Waals surface area (Å²) in [5, 5.41) is 3.89. The number of carbonyl (C=O) groups is 1. The van der Waals surface area contributed by atoms with Crippen LogP contribution in [0.4, 0.5) is 0 Å². The Bertz CT molecular complexity index is 632. The minimum atomic E-state index is 0.0435. The zero-order valence-corrected chi connectivity index (χ0v) is 13.1. The van der Waals surface area contributed by atoms with Crippen LogP contribution in [0.5, 0.6) is 0 Å². The van der Waals surface area contributed by atoms with Gasteiger partial charge in [0.2, 0.25) is 0 Å². The van der Waals surface area contributed by atoms with Crippen LogP contribution in [-0.2, 0) is 6.42 Å². The average molecular weight is 299 g/mol. The van der Waals surface area contributed by atoms with E-state index in [4.69, 9.17) is 4.52 Å². The normalized spacial score (nSPS) is 18.5. The van der Waals surface area contributed by atoms with Gasteiger partial charge in [0.25, 0.3) is 5.91 Å². The van der Waals surface area contributed by atoms with Crippen molar-refractivity contribution in [1.82, 2.24) is 15.0 Å². The molecule has 0 spiro atoms. The SMILES string of the molecule is Cc1noc(C)c1C(=O)N1CCC[C@H](Cc2ccccn2)C1. The second-order valence-corrected chi connectivity index (χ2v) is 5.98. The van der Waals surface area contributed by atoms with Crippen molar-refractivity contribution >= 4 is 5.91 Å². The highest BCUT2D eigenvalue weighted by Crippen LogP contribution is 2.23. The Balaban J connectivity index is 1.69. The van der Waals surface area contributed by atoms with E-state index in [2.05, 4.69) is 16.2 Å². The number of aryl methyl sites for hydroxylation is 2. The van der Waals surface area contributed by atoms with E-state index in [1.807, 2.05) is 30.2 Å². The van der Waals surface area contributed by atoms with Crippen LogP contribution in [0.1, 0.15) is 40.3 Å². The summed E-state index contributed by atoms with van der Waals surface area (Å²) >= 11 is 0. The molecule has 116 valence electrons. The van der Waals surface area contributed by atoms with Crippen LogP contribution in [0, 0.1) is 19.8 Å². The van der Waals surface area contributed by atoms with Crippen molar-refractivity contribution in [1.29, 1.82) is 0 Å². The maximum Gasteiger partial charge on any atom is 0.259 e. The molecule has 0 aliphatic carbocycles. The average Bonchev–Trinajstić information content (AvgIpc) is 2.87. The van der Waals surface area contributed by atoms with Crippen molar-refractivity contribution in [3.05, 3.63) is 47.1 Å². The van der Waals surface area contributed by atoms with Gasteiger partial charge in [-0.25, -0.2) is 0 Å². The molecule has 1 fully saturated rings. The number of piperidine rings is 1. The van der Waals surface area contributed by atoms with Gasteiger partial charge in [0.15, 0.2) is 0 Å². The summed E-state index contributed by atoms with van der Waals surface area (Å²) in [6.45, 7) is 5.20. The lowest BCUT2D eigenvalue weighted by Crippen LogP contribution is -2.41. The number of carbonyl (C=O) groups excluding carboxylic acids is 1. The molecule has 0 N–H and O–H groups in total. The Morgan fingerprint density at radius 1 is 1.41 bits per heavy atom. The standard InChI is InChI=1S/C17H21N3O2/c1-12-16(13(2)22-19-12)17(21)20-9-5-6-14(11-20)10-15-7-3-4-8-18-15/h3-4,7-8,14H,5-6,9-11H2,1-2H3/t14-/m1/s1. The first-order chi connectivity index (χ1) is 10.6. The topological polar surface area (TPSA) is 59.2 Å². The van der Waals surface area contributed by atoms with Gasteiger partial charge in [-0.15, -0.1) is 0 Å². The third-order valence-corrected chi connectivity index (χ3v) is 4.28. The van der Waals surface area contributed by atoms with E-state index in [9.17, 15) is 4.79 Å². The molecular formula is C17H21N3O2. The van der Waals surface area contributed by atoms with E-state index in [0.29, 0.717) is 22.9 Å². The Kier molecular flexibility index (Phi) is 4.22. The Labute approximate surface area is 130 Å². The van der Waals surface area contributed by atoms with Crippen LogP contribution in [0.25, 0.3) is 0 Å². The number of aromatic nitrogens is 2. The minimum absolute atomic E-state index is 0.0435. The first-order valence-corrected chi connectivity index (χ1v) is 7.77. The highest BCUT2D eigenvalue weighted by Gasteiger charge is 2.28. The number of hydrogen-bond donors (Lipinski definition) is 0. The molecule has 1 amide bonds. The summed E-state index contributed by atoms with van der Waals surface area (Å²) in [4.78, 5) is 19.0. The summed E-state index contributed by atoms with van der Waals surface area (Å²) in [7, 11) is 0. The lowest BCUT2D eigenvalue weighted by atomic mass is 9.92. The third kappa shape index (κ3) is 3.03. The molecule has 1 saturated heterocycles. The molecule has 0 radical (unpaired) electrons. The largest absolute Gasteiger partial charge is 0.361 e. The molecule has 22 heavy (non-hydrogen) atoms. The zero-order valence-electron chi connectivity index (χ0n) is 13.1. The predicted octanol–water partition coefficient (Wildman–Crippen LogP) is 2.78. The van der Waals surface area contributed by atoms with Gasteiger partial charge in [-0.2, -0.15) is 0 Å². The van der Waals surface area contributed by atoms with Crippen LogP contribution in [0.15, 0.2) is 28.9 Å². The molecule has 5 nitrogen and oxygen atoms in total. The molecule has 1 aliphatic rings. The van der Waals surface area contributed by atoms with Crippen LogP contribution in [0.3, 0.4) is 0 Å². The van der Waals surface area contributed by atoms with E-state index in [1.54, 1.807) is 6.92 Å². The molecule has 0 aromatic carbocycles. The molecule has 1 aliphatic heterocycles. The molecule has 0 bridgehead atoms. The predicted molar refractivity (Wildman–Crippen MR) is 82.5 cm³/mol. The molecule has 0 saturated carbocycles. The third-order valence-electron chi connectivity index (χ3n) is 4.28. The van der Waals surface area contributed by atoms with E-state index >= 15 is 0 Å². The smallest absolute Gasteiger partial charge is 0.259 e. The van der Waals surface area contributed by atoms with E-state index in [1.165, 1.54) is 0 Å². The summed E-state index contributed by atoms with van der Waals surface area (Å²) in [5.41, 5.74) is 2.40. The molecule has 2 aromatic heterocycles. The van der Waals surface area contributed by atoms with Crippen molar-refractivity contribution in [3.8, 4) is 0 Å². The Hall–Kier alpha value is -2.17. The fourth-order valence-electron chi connectivity index (χ4n) is 3.18. The van der Waals surface area contributed by atoms with Crippen LogP contribution in [0.2, 0.25) is 0 Å². The number of likely N-dealkylation sites (tertiary alicyclic amines) is 1. The van der Waals surface area contributed by atoms with Gasteiger partial charge in [-0.05, 0) is 51.2 Å². The second-order valence-electron chi connectivity index (χ2n) is 5.98. The second kappa shape index (κ2) is 6.30. The first kappa shape index (κ1) is 14.8.